The van der Waals surface area contributed by atoms with Crippen LogP contribution in [-0.2, 0) is 0 Å². The van der Waals surface area contributed by atoms with E-state index in [1.165, 1.54) is 10.8 Å². The van der Waals surface area contributed by atoms with Crippen LogP contribution in [0.5, 0.6) is 0 Å². The first-order chi connectivity index (χ1) is 24.7. The van der Waals surface area contributed by atoms with Crippen LogP contribution >= 0.6 is 0 Å². The molecule has 0 saturated carbocycles. The van der Waals surface area contributed by atoms with Crippen LogP contribution in [0.3, 0.4) is 0 Å². The minimum Gasteiger partial charge on any atom is -0.309 e. The van der Waals surface area contributed by atoms with E-state index in [9.17, 15) is 10.5 Å². The normalized spacial score (nSPS) is 11.1. The first-order valence-electron chi connectivity index (χ1n) is 16.3. The molecule has 0 saturated heterocycles. The van der Waals surface area contributed by atoms with Crippen LogP contribution in [0.25, 0.3) is 82.1 Å². The van der Waals surface area contributed by atoms with Gasteiger partial charge in [-0.25, -0.2) is 4.85 Å². The van der Waals surface area contributed by atoms with E-state index in [1.807, 2.05) is 66.7 Å². The predicted octanol–water partition coefficient (Wildman–Crippen LogP) is 11.5. The van der Waals surface area contributed by atoms with E-state index in [-0.39, 0.29) is 0 Å². The molecule has 0 bridgehead atoms. The third kappa shape index (κ3) is 4.31. The zero-order valence-corrected chi connectivity index (χ0v) is 26.7. The molecular weight excluding hydrogens is 611 g/mol. The smallest absolute Gasteiger partial charge is 0.196 e. The zero-order valence-electron chi connectivity index (χ0n) is 26.7. The van der Waals surface area contributed by atoms with Crippen LogP contribution in [0.1, 0.15) is 11.1 Å². The van der Waals surface area contributed by atoms with Crippen molar-refractivity contribution in [2.75, 3.05) is 0 Å². The van der Waals surface area contributed by atoms with Gasteiger partial charge >= 0.3 is 0 Å². The maximum Gasteiger partial charge on any atom is 0.196 e. The quantitative estimate of drug-likeness (QED) is 0.181. The van der Waals surface area contributed by atoms with Crippen molar-refractivity contribution >= 4 is 49.3 Å². The monoisotopic (exact) mass is 635 g/mol. The van der Waals surface area contributed by atoms with Crippen molar-refractivity contribution in [3.8, 4) is 45.8 Å². The molecule has 0 radical (unpaired) electrons. The van der Waals surface area contributed by atoms with E-state index >= 15 is 0 Å². The Morgan fingerprint density at radius 1 is 0.480 bits per heavy atom. The van der Waals surface area contributed by atoms with Crippen molar-refractivity contribution in [3.05, 3.63) is 174 Å². The number of para-hydroxylation sites is 4. The van der Waals surface area contributed by atoms with Gasteiger partial charge in [0, 0.05) is 32.8 Å². The number of nitriles is 2. The fourth-order valence-electron chi connectivity index (χ4n) is 7.44. The molecule has 0 aliphatic rings. The van der Waals surface area contributed by atoms with Crippen molar-refractivity contribution in [2.45, 2.75) is 0 Å². The first-order valence-corrected chi connectivity index (χ1v) is 16.3. The SMILES string of the molecule is [C-]#[N+]c1cc(C#N)c(-c2cccc(-n3c4ccccc4c4ccccc43)c2)cc1-c1ccccc1-n1c2ccccc2c2cc(C#N)ccc21. The molecule has 0 aliphatic carbocycles. The summed E-state index contributed by atoms with van der Waals surface area (Å²) in [5.41, 5.74) is 10.8. The van der Waals surface area contributed by atoms with Gasteiger partial charge in [0.05, 0.1) is 52.0 Å². The van der Waals surface area contributed by atoms with Crippen LogP contribution in [0.4, 0.5) is 5.69 Å². The van der Waals surface area contributed by atoms with Crippen molar-refractivity contribution in [3.63, 3.8) is 0 Å². The Balaban J connectivity index is 1.27. The van der Waals surface area contributed by atoms with Crippen LogP contribution in [0.2, 0.25) is 0 Å². The fraction of sp³-hybridized carbons (Fsp3) is 0. The van der Waals surface area contributed by atoms with E-state index in [2.05, 4.69) is 105 Å². The summed E-state index contributed by atoms with van der Waals surface area (Å²) in [7, 11) is 0. The number of fused-ring (bicyclic) bond motifs is 6. The van der Waals surface area contributed by atoms with Crippen molar-refractivity contribution < 1.29 is 0 Å². The van der Waals surface area contributed by atoms with Crippen molar-refractivity contribution in [1.82, 2.24) is 9.13 Å². The van der Waals surface area contributed by atoms with Crippen molar-refractivity contribution in [1.29, 1.82) is 10.5 Å². The first kappa shape index (κ1) is 28.8. The second-order valence-electron chi connectivity index (χ2n) is 12.3. The van der Waals surface area contributed by atoms with Gasteiger partial charge in [-0.15, -0.1) is 0 Å². The van der Waals surface area contributed by atoms with Gasteiger partial charge in [-0.1, -0.05) is 91.0 Å². The van der Waals surface area contributed by atoms with Gasteiger partial charge in [-0.05, 0) is 82.9 Å². The lowest BCUT2D eigenvalue weighted by Gasteiger charge is -2.17. The minimum atomic E-state index is 0.406. The second kappa shape index (κ2) is 11.4. The Bertz CT molecular complexity index is 2920. The van der Waals surface area contributed by atoms with Crippen LogP contribution in [-0.4, -0.2) is 9.13 Å². The van der Waals surface area contributed by atoms with Crippen LogP contribution in [0.15, 0.2) is 152 Å². The Morgan fingerprint density at radius 2 is 1.10 bits per heavy atom. The summed E-state index contributed by atoms with van der Waals surface area (Å²) in [6, 6.07) is 55.5. The highest BCUT2D eigenvalue weighted by molar-refractivity contribution is 6.11. The molecule has 9 aromatic rings. The molecule has 50 heavy (non-hydrogen) atoms. The van der Waals surface area contributed by atoms with E-state index in [4.69, 9.17) is 6.57 Å². The molecule has 0 amide bonds. The van der Waals surface area contributed by atoms with Crippen molar-refractivity contribution in [2.24, 2.45) is 0 Å². The molecule has 0 N–H and O–H groups in total. The van der Waals surface area contributed by atoms with E-state index in [0.29, 0.717) is 16.8 Å². The van der Waals surface area contributed by atoms with Gasteiger partial charge in [0.15, 0.2) is 5.69 Å². The molecule has 7 aromatic carbocycles. The molecule has 2 heterocycles. The maximum atomic E-state index is 10.4. The summed E-state index contributed by atoms with van der Waals surface area (Å²) >= 11 is 0. The van der Waals surface area contributed by atoms with Gasteiger partial charge < -0.3 is 9.13 Å². The molecule has 0 aliphatic heterocycles. The van der Waals surface area contributed by atoms with E-state index in [0.717, 1.165) is 66.5 Å². The zero-order chi connectivity index (χ0) is 33.8. The lowest BCUT2D eigenvalue weighted by molar-refractivity contribution is 1.18. The van der Waals surface area contributed by atoms with E-state index < -0.39 is 0 Å². The molecule has 230 valence electrons. The molecule has 5 nitrogen and oxygen atoms in total. The number of benzene rings is 7. The predicted molar refractivity (Wildman–Crippen MR) is 202 cm³/mol. The molecule has 0 spiro atoms. The molecule has 0 unspecified atom stereocenters. The van der Waals surface area contributed by atoms with Gasteiger partial charge in [0.1, 0.15) is 0 Å². The van der Waals surface area contributed by atoms with Gasteiger partial charge in [-0.2, -0.15) is 10.5 Å². The lowest BCUT2D eigenvalue weighted by Crippen LogP contribution is -1.98. The molecule has 0 atom stereocenters. The number of rotatable bonds is 4. The summed E-state index contributed by atoms with van der Waals surface area (Å²) in [6.45, 7) is 8.19. The van der Waals surface area contributed by atoms with E-state index in [1.54, 1.807) is 6.07 Å². The maximum absolute atomic E-state index is 10.4. The largest absolute Gasteiger partial charge is 0.309 e. The highest BCUT2D eigenvalue weighted by Crippen LogP contribution is 2.43. The number of aromatic nitrogens is 2. The second-order valence-corrected chi connectivity index (χ2v) is 12.3. The standard InChI is InChI=1S/C45H25N5/c1-48-40-25-31(28-47)37(30-11-10-12-32(24-30)49-41-17-6-2-13-33(41)34-14-3-7-18-42(34)49)26-38(40)35-15-4-8-19-43(35)50-44-20-9-5-16-36(44)39-23-29(27-46)21-22-45(39)50/h2-26H. The Morgan fingerprint density at radius 3 is 1.78 bits per heavy atom. The average Bonchev–Trinajstić information content (AvgIpc) is 3.70. The molecular formula is C45H25N5. The summed E-state index contributed by atoms with van der Waals surface area (Å²) in [5, 5.41) is 24.5. The van der Waals surface area contributed by atoms with Crippen LogP contribution in [0, 0.1) is 29.2 Å². The van der Waals surface area contributed by atoms with Gasteiger partial charge in [0.25, 0.3) is 0 Å². The molecule has 2 aromatic heterocycles. The average molecular weight is 636 g/mol. The Kier molecular flexibility index (Phi) is 6.56. The molecule has 5 heteroatoms. The molecule has 9 rings (SSSR count). The summed E-state index contributed by atoms with van der Waals surface area (Å²) in [4.78, 5) is 3.94. The highest BCUT2D eigenvalue weighted by atomic mass is 15.0. The Hall–Kier alpha value is -7.39. The third-order valence-corrected chi connectivity index (χ3v) is 9.61. The lowest BCUT2D eigenvalue weighted by atomic mass is 9.92. The van der Waals surface area contributed by atoms with Gasteiger partial charge in [-0.3, -0.25) is 0 Å². The number of nitrogens with zero attached hydrogens (tertiary/aromatic N) is 5. The third-order valence-electron chi connectivity index (χ3n) is 9.61. The Labute approximate surface area is 288 Å². The summed E-state index contributed by atoms with van der Waals surface area (Å²) < 4.78 is 4.47. The van der Waals surface area contributed by atoms with Crippen LogP contribution < -0.4 is 0 Å². The topological polar surface area (TPSA) is 61.8 Å². The minimum absolute atomic E-state index is 0.406. The summed E-state index contributed by atoms with van der Waals surface area (Å²) in [6.07, 6.45) is 0. The highest BCUT2D eigenvalue weighted by Gasteiger charge is 2.20. The number of hydrogen-bond acceptors (Lipinski definition) is 2. The fourth-order valence-corrected chi connectivity index (χ4v) is 7.44. The summed E-state index contributed by atoms with van der Waals surface area (Å²) in [5.74, 6) is 0. The van der Waals surface area contributed by atoms with Gasteiger partial charge in [0.2, 0.25) is 0 Å². The molecule has 0 fully saturated rings. The number of hydrogen-bond donors (Lipinski definition) is 0.